The summed E-state index contributed by atoms with van der Waals surface area (Å²) in [6.45, 7) is 0.828. The predicted molar refractivity (Wildman–Crippen MR) is 68.2 cm³/mol. The molecule has 0 unspecified atom stereocenters. The van der Waals surface area contributed by atoms with Gasteiger partial charge >= 0.3 is 5.97 Å². The molecule has 7 heteroatoms. The van der Waals surface area contributed by atoms with E-state index < -0.39 is 5.97 Å². The number of amides is 1. The van der Waals surface area contributed by atoms with Gasteiger partial charge < -0.3 is 24.6 Å². The maximum Gasteiger partial charge on any atom is 0.329 e. The summed E-state index contributed by atoms with van der Waals surface area (Å²) in [4.78, 5) is 22.2. The Morgan fingerprint density at radius 1 is 1.30 bits per heavy atom. The summed E-state index contributed by atoms with van der Waals surface area (Å²) in [7, 11) is 0. The number of fused-ring (bicyclic) bond motifs is 1. The highest BCUT2D eigenvalue weighted by Gasteiger charge is 2.19. The summed E-state index contributed by atoms with van der Waals surface area (Å²) in [5.74, 6) is -0.376. The monoisotopic (exact) mass is 281 g/mol. The molecule has 0 spiro atoms. The SMILES string of the molecule is O=C(O)COCCNC(=O)c1cccc2c1OCCO2. The third kappa shape index (κ3) is 3.61. The largest absolute Gasteiger partial charge is 0.486 e. The van der Waals surface area contributed by atoms with Crippen molar-refractivity contribution in [2.75, 3.05) is 33.0 Å². The standard InChI is InChI=1S/C13H15NO6/c15-11(16)8-18-5-4-14-13(17)9-2-1-3-10-12(9)20-7-6-19-10/h1-3H,4-8H2,(H,14,17)(H,15,16). The van der Waals surface area contributed by atoms with E-state index >= 15 is 0 Å². The van der Waals surface area contributed by atoms with E-state index in [0.29, 0.717) is 30.3 Å². The summed E-state index contributed by atoms with van der Waals surface area (Å²) in [5.41, 5.74) is 0.389. The van der Waals surface area contributed by atoms with Crippen molar-refractivity contribution in [3.05, 3.63) is 23.8 Å². The molecule has 20 heavy (non-hydrogen) atoms. The molecule has 0 bridgehead atoms. The maximum atomic E-state index is 12.0. The van der Waals surface area contributed by atoms with Gasteiger partial charge in [-0.15, -0.1) is 0 Å². The lowest BCUT2D eigenvalue weighted by Gasteiger charge is -2.20. The van der Waals surface area contributed by atoms with Gasteiger partial charge in [-0.1, -0.05) is 6.07 Å². The van der Waals surface area contributed by atoms with Gasteiger partial charge in [0.2, 0.25) is 0 Å². The molecule has 1 aromatic rings. The Balaban J connectivity index is 1.88. The zero-order chi connectivity index (χ0) is 14.4. The molecule has 1 heterocycles. The van der Waals surface area contributed by atoms with E-state index in [4.69, 9.17) is 19.3 Å². The van der Waals surface area contributed by atoms with Gasteiger partial charge in [0.15, 0.2) is 11.5 Å². The molecule has 0 aliphatic carbocycles. The van der Waals surface area contributed by atoms with E-state index in [1.54, 1.807) is 18.2 Å². The fourth-order valence-electron chi connectivity index (χ4n) is 1.74. The van der Waals surface area contributed by atoms with Crippen LogP contribution in [-0.2, 0) is 9.53 Å². The molecule has 1 aliphatic rings. The summed E-state index contributed by atoms with van der Waals surface area (Å²) >= 11 is 0. The Morgan fingerprint density at radius 3 is 2.90 bits per heavy atom. The molecule has 0 aromatic heterocycles. The van der Waals surface area contributed by atoms with Gasteiger partial charge in [-0.05, 0) is 12.1 Å². The van der Waals surface area contributed by atoms with Gasteiger partial charge in [0.1, 0.15) is 19.8 Å². The van der Waals surface area contributed by atoms with Crippen LogP contribution in [0, 0.1) is 0 Å². The van der Waals surface area contributed by atoms with Crippen molar-refractivity contribution in [2.45, 2.75) is 0 Å². The molecule has 0 saturated heterocycles. The molecule has 108 valence electrons. The molecule has 0 radical (unpaired) electrons. The molecule has 2 N–H and O–H groups in total. The molecular weight excluding hydrogens is 266 g/mol. The summed E-state index contributed by atoms with van der Waals surface area (Å²) < 4.78 is 15.7. The Labute approximate surface area is 115 Å². The molecule has 0 fully saturated rings. The highest BCUT2D eigenvalue weighted by Crippen LogP contribution is 2.33. The summed E-state index contributed by atoms with van der Waals surface area (Å²) in [6, 6.07) is 5.09. The van der Waals surface area contributed by atoms with Crippen LogP contribution in [0.2, 0.25) is 0 Å². The van der Waals surface area contributed by atoms with Gasteiger partial charge in [0.05, 0.1) is 12.2 Å². The molecule has 1 aliphatic heterocycles. The topological polar surface area (TPSA) is 94.1 Å². The van der Waals surface area contributed by atoms with Crippen LogP contribution >= 0.6 is 0 Å². The predicted octanol–water partition coefficient (Wildman–Crippen LogP) is 0.289. The number of carboxylic acids is 1. The Hall–Kier alpha value is -2.28. The third-order valence-electron chi connectivity index (χ3n) is 2.57. The number of nitrogens with one attached hydrogen (secondary N) is 1. The van der Waals surface area contributed by atoms with Crippen molar-refractivity contribution in [2.24, 2.45) is 0 Å². The molecule has 1 aromatic carbocycles. The number of carboxylic acid groups (broad SMARTS) is 1. The first kappa shape index (κ1) is 14.1. The molecule has 2 rings (SSSR count). The van der Waals surface area contributed by atoms with Crippen molar-refractivity contribution >= 4 is 11.9 Å². The van der Waals surface area contributed by atoms with Crippen molar-refractivity contribution in [3.63, 3.8) is 0 Å². The molecule has 0 atom stereocenters. The van der Waals surface area contributed by atoms with Crippen LogP contribution in [0.5, 0.6) is 11.5 Å². The van der Waals surface area contributed by atoms with Crippen LogP contribution in [-0.4, -0.2) is 50.0 Å². The average Bonchev–Trinajstić information content (AvgIpc) is 2.45. The van der Waals surface area contributed by atoms with Crippen LogP contribution < -0.4 is 14.8 Å². The number of carbonyl (C=O) groups is 2. The van der Waals surface area contributed by atoms with Crippen LogP contribution in [0.3, 0.4) is 0 Å². The zero-order valence-electron chi connectivity index (χ0n) is 10.8. The number of rotatable bonds is 6. The van der Waals surface area contributed by atoms with E-state index in [1.807, 2.05) is 0 Å². The first-order valence-corrected chi connectivity index (χ1v) is 6.15. The molecule has 0 saturated carbocycles. The van der Waals surface area contributed by atoms with Gasteiger partial charge in [0, 0.05) is 6.54 Å². The van der Waals surface area contributed by atoms with Crippen molar-refractivity contribution in [1.29, 1.82) is 0 Å². The fraction of sp³-hybridized carbons (Fsp3) is 0.385. The molecular formula is C13H15NO6. The quantitative estimate of drug-likeness (QED) is 0.728. The highest BCUT2D eigenvalue weighted by atomic mass is 16.6. The highest BCUT2D eigenvalue weighted by molar-refractivity contribution is 5.97. The normalized spacial score (nSPS) is 12.8. The minimum absolute atomic E-state index is 0.129. The second kappa shape index (κ2) is 6.76. The van der Waals surface area contributed by atoms with Crippen molar-refractivity contribution < 1.29 is 28.9 Å². The number of para-hydroxylation sites is 1. The number of benzene rings is 1. The fourth-order valence-corrected chi connectivity index (χ4v) is 1.74. The third-order valence-corrected chi connectivity index (χ3v) is 2.57. The van der Waals surface area contributed by atoms with Crippen LogP contribution in [0.25, 0.3) is 0 Å². The lowest BCUT2D eigenvalue weighted by molar-refractivity contribution is -0.142. The molecule has 7 nitrogen and oxygen atoms in total. The number of carbonyl (C=O) groups excluding carboxylic acids is 1. The van der Waals surface area contributed by atoms with E-state index in [-0.39, 0.29) is 25.7 Å². The second-order valence-corrected chi connectivity index (χ2v) is 4.03. The lowest BCUT2D eigenvalue weighted by Crippen LogP contribution is -2.29. The average molecular weight is 281 g/mol. The zero-order valence-corrected chi connectivity index (χ0v) is 10.8. The summed E-state index contributed by atoms with van der Waals surface area (Å²) in [6.07, 6.45) is 0. The van der Waals surface area contributed by atoms with Gasteiger partial charge in [0.25, 0.3) is 5.91 Å². The lowest BCUT2D eigenvalue weighted by atomic mass is 10.1. The van der Waals surface area contributed by atoms with Crippen molar-refractivity contribution in [1.82, 2.24) is 5.32 Å². The van der Waals surface area contributed by atoms with E-state index in [2.05, 4.69) is 5.32 Å². The number of aliphatic carboxylic acids is 1. The molecule has 1 amide bonds. The Bertz CT molecular complexity index is 502. The van der Waals surface area contributed by atoms with Crippen LogP contribution in [0.4, 0.5) is 0 Å². The van der Waals surface area contributed by atoms with E-state index in [9.17, 15) is 9.59 Å². The first-order valence-electron chi connectivity index (χ1n) is 6.15. The van der Waals surface area contributed by atoms with E-state index in [1.165, 1.54) is 0 Å². The minimum Gasteiger partial charge on any atom is -0.486 e. The van der Waals surface area contributed by atoms with Crippen molar-refractivity contribution in [3.8, 4) is 11.5 Å². The van der Waals surface area contributed by atoms with Gasteiger partial charge in [-0.3, -0.25) is 4.79 Å². The second-order valence-electron chi connectivity index (χ2n) is 4.03. The van der Waals surface area contributed by atoms with Gasteiger partial charge in [-0.25, -0.2) is 4.79 Å². The number of hydrogen-bond acceptors (Lipinski definition) is 5. The maximum absolute atomic E-state index is 12.0. The van der Waals surface area contributed by atoms with Crippen LogP contribution in [0.15, 0.2) is 18.2 Å². The first-order chi connectivity index (χ1) is 9.68. The number of ether oxygens (including phenoxy) is 3. The van der Waals surface area contributed by atoms with Gasteiger partial charge in [-0.2, -0.15) is 0 Å². The Morgan fingerprint density at radius 2 is 2.10 bits per heavy atom. The smallest absolute Gasteiger partial charge is 0.329 e. The Kier molecular flexibility index (Phi) is 4.78. The number of hydrogen-bond donors (Lipinski definition) is 2. The van der Waals surface area contributed by atoms with Crippen LogP contribution in [0.1, 0.15) is 10.4 Å². The van der Waals surface area contributed by atoms with E-state index in [0.717, 1.165) is 0 Å². The summed E-state index contributed by atoms with van der Waals surface area (Å²) in [5, 5.41) is 11.0. The minimum atomic E-state index is -1.04.